The fourth-order valence-electron chi connectivity index (χ4n) is 3.01. The van der Waals surface area contributed by atoms with E-state index in [0.717, 1.165) is 24.9 Å². The molecule has 1 aliphatic rings. The number of likely N-dealkylation sites (N-methyl/N-ethyl adjacent to an activating group) is 1. The standard InChI is InChI=1S/C18H25N3O/c1-15(21(2)16-9-5-3-6-10-16)13-20-17(22)18(14-19)11-7-4-8-12-18/h3,5-6,9-10,15H,4,7-8,11-13H2,1-2H3,(H,20,22)/t15-/m1/s1. The first-order chi connectivity index (χ1) is 10.6. The number of amides is 1. The first kappa shape index (κ1) is 16.4. The highest BCUT2D eigenvalue weighted by Crippen LogP contribution is 2.35. The molecule has 22 heavy (non-hydrogen) atoms. The van der Waals surface area contributed by atoms with E-state index < -0.39 is 5.41 Å². The van der Waals surface area contributed by atoms with Crippen molar-refractivity contribution in [3.05, 3.63) is 30.3 Å². The third-order valence-electron chi connectivity index (χ3n) is 4.74. The van der Waals surface area contributed by atoms with Crippen molar-refractivity contribution in [2.45, 2.75) is 45.1 Å². The highest BCUT2D eigenvalue weighted by Gasteiger charge is 2.39. The van der Waals surface area contributed by atoms with Crippen molar-refractivity contribution >= 4 is 11.6 Å². The Morgan fingerprint density at radius 1 is 1.32 bits per heavy atom. The average molecular weight is 299 g/mol. The molecule has 0 radical (unpaired) electrons. The number of rotatable bonds is 5. The molecule has 1 fully saturated rings. The first-order valence-corrected chi connectivity index (χ1v) is 8.06. The molecular formula is C18H25N3O. The lowest BCUT2D eigenvalue weighted by Crippen LogP contribution is -2.46. The Morgan fingerprint density at radius 3 is 2.55 bits per heavy atom. The summed E-state index contributed by atoms with van der Waals surface area (Å²) in [4.78, 5) is 14.6. The van der Waals surface area contributed by atoms with E-state index in [1.54, 1.807) is 0 Å². The zero-order valence-electron chi connectivity index (χ0n) is 13.5. The van der Waals surface area contributed by atoms with Crippen LogP contribution in [0.3, 0.4) is 0 Å². The van der Waals surface area contributed by atoms with E-state index in [2.05, 4.69) is 35.3 Å². The monoisotopic (exact) mass is 299 g/mol. The molecule has 118 valence electrons. The fraction of sp³-hybridized carbons (Fsp3) is 0.556. The summed E-state index contributed by atoms with van der Waals surface area (Å²) in [5.74, 6) is -0.0944. The van der Waals surface area contributed by atoms with Gasteiger partial charge in [-0.1, -0.05) is 37.5 Å². The molecule has 0 bridgehead atoms. The van der Waals surface area contributed by atoms with E-state index in [9.17, 15) is 10.1 Å². The lowest BCUT2D eigenvalue weighted by atomic mass is 9.74. The molecule has 4 nitrogen and oxygen atoms in total. The lowest BCUT2D eigenvalue weighted by Gasteiger charge is -2.31. The number of carbonyl (C=O) groups is 1. The summed E-state index contributed by atoms with van der Waals surface area (Å²) in [6, 6.07) is 12.5. The van der Waals surface area contributed by atoms with Crippen molar-refractivity contribution in [1.29, 1.82) is 5.26 Å². The number of nitriles is 1. The number of nitrogens with one attached hydrogen (secondary N) is 1. The molecule has 2 rings (SSSR count). The largest absolute Gasteiger partial charge is 0.370 e. The Labute approximate surface area is 133 Å². The van der Waals surface area contributed by atoms with Gasteiger partial charge in [-0.3, -0.25) is 4.79 Å². The second-order valence-corrected chi connectivity index (χ2v) is 6.26. The van der Waals surface area contributed by atoms with E-state index in [1.165, 1.54) is 0 Å². The summed E-state index contributed by atoms with van der Waals surface area (Å²) in [6.45, 7) is 2.63. The van der Waals surface area contributed by atoms with E-state index in [1.807, 2.05) is 25.2 Å². The molecule has 0 heterocycles. The SMILES string of the molecule is C[C@H](CNC(=O)C1(C#N)CCCCC1)N(C)c1ccccc1. The van der Waals surface area contributed by atoms with Crippen LogP contribution in [0.5, 0.6) is 0 Å². The molecular weight excluding hydrogens is 274 g/mol. The predicted molar refractivity (Wildman–Crippen MR) is 88.4 cm³/mol. The fourth-order valence-corrected chi connectivity index (χ4v) is 3.01. The molecule has 0 aliphatic heterocycles. The van der Waals surface area contributed by atoms with Gasteiger partial charge in [0.25, 0.3) is 0 Å². The van der Waals surface area contributed by atoms with Crippen LogP contribution < -0.4 is 10.2 Å². The van der Waals surface area contributed by atoms with Gasteiger partial charge in [0, 0.05) is 25.3 Å². The van der Waals surface area contributed by atoms with E-state index in [0.29, 0.717) is 19.4 Å². The molecule has 0 saturated heterocycles. The topological polar surface area (TPSA) is 56.1 Å². The van der Waals surface area contributed by atoms with Crippen LogP contribution in [0.4, 0.5) is 5.69 Å². The van der Waals surface area contributed by atoms with Gasteiger partial charge in [0.15, 0.2) is 0 Å². The summed E-state index contributed by atoms with van der Waals surface area (Å²) in [7, 11) is 2.02. The van der Waals surface area contributed by atoms with Crippen molar-refractivity contribution in [3.63, 3.8) is 0 Å². The molecule has 4 heteroatoms. The lowest BCUT2D eigenvalue weighted by molar-refractivity contribution is -0.129. The second-order valence-electron chi connectivity index (χ2n) is 6.26. The van der Waals surface area contributed by atoms with Crippen LogP contribution in [0.2, 0.25) is 0 Å². The van der Waals surface area contributed by atoms with Gasteiger partial charge in [-0.2, -0.15) is 5.26 Å². The summed E-state index contributed by atoms with van der Waals surface area (Å²) in [5.41, 5.74) is 0.320. The highest BCUT2D eigenvalue weighted by atomic mass is 16.2. The zero-order valence-corrected chi connectivity index (χ0v) is 13.5. The zero-order chi connectivity index (χ0) is 16.0. The molecule has 1 aliphatic carbocycles. The van der Waals surface area contributed by atoms with Crippen LogP contribution in [-0.2, 0) is 4.79 Å². The number of hydrogen-bond donors (Lipinski definition) is 1. The Hall–Kier alpha value is -2.02. The number of hydrogen-bond acceptors (Lipinski definition) is 3. The molecule has 1 aromatic carbocycles. The summed E-state index contributed by atoms with van der Waals surface area (Å²) in [6.07, 6.45) is 4.46. The Bertz CT molecular complexity index is 529. The average Bonchev–Trinajstić information content (AvgIpc) is 2.59. The van der Waals surface area contributed by atoms with Gasteiger partial charge in [0.05, 0.1) is 6.07 Å². The molecule has 1 atom stereocenters. The van der Waals surface area contributed by atoms with Crippen LogP contribution in [0.1, 0.15) is 39.0 Å². The van der Waals surface area contributed by atoms with Gasteiger partial charge in [0.1, 0.15) is 5.41 Å². The Balaban J connectivity index is 1.91. The van der Waals surface area contributed by atoms with Gasteiger partial charge in [-0.05, 0) is 31.9 Å². The maximum absolute atomic E-state index is 12.5. The molecule has 1 aromatic rings. The van der Waals surface area contributed by atoms with Crippen molar-refractivity contribution in [3.8, 4) is 6.07 Å². The van der Waals surface area contributed by atoms with Gasteiger partial charge >= 0.3 is 0 Å². The van der Waals surface area contributed by atoms with Crippen LogP contribution >= 0.6 is 0 Å². The minimum absolute atomic E-state index is 0.0944. The molecule has 0 aromatic heterocycles. The molecule has 1 saturated carbocycles. The first-order valence-electron chi connectivity index (χ1n) is 8.06. The van der Waals surface area contributed by atoms with Gasteiger partial charge in [-0.25, -0.2) is 0 Å². The number of benzene rings is 1. The minimum Gasteiger partial charge on any atom is -0.370 e. The molecule has 1 amide bonds. The van der Waals surface area contributed by atoms with E-state index >= 15 is 0 Å². The summed E-state index contributed by atoms with van der Waals surface area (Å²) < 4.78 is 0. The number of anilines is 1. The molecule has 0 spiro atoms. The third-order valence-corrected chi connectivity index (χ3v) is 4.74. The molecule has 0 unspecified atom stereocenters. The normalized spacial score (nSPS) is 18.0. The number of carbonyl (C=O) groups excluding carboxylic acids is 1. The second kappa shape index (κ2) is 7.31. The number of para-hydroxylation sites is 1. The van der Waals surface area contributed by atoms with Gasteiger partial charge in [-0.15, -0.1) is 0 Å². The van der Waals surface area contributed by atoms with E-state index in [4.69, 9.17) is 0 Å². The minimum atomic E-state index is -0.802. The van der Waals surface area contributed by atoms with Crippen molar-refractivity contribution < 1.29 is 4.79 Å². The van der Waals surface area contributed by atoms with Crippen LogP contribution in [0, 0.1) is 16.7 Å². The maximum atomic E-state index is 12.5. The summed E-state index contributed by atoms with van der Waals surface area (Å²) in [5, 5.41) is 12.4. The predicted octanol–water partition coefficient (Wildman–Crippen LogP) is 3.10. The van der Waals surface area contributed by atoms with Crippen molar-refractivity contribution in [2.75, 3.05) is 18.5 Å². The smallest absolute Gasteiger partial charge is 0.240 e. The van der Waals surface area contributed by atoms with Crippen LogP contribution in [0.25, 0.3) is 0 Å². The van der Waals surface area contributed by atoms with Crippen molar-refractivity contribution in [2.24, 2.45) is 5.41 Å². The number of nitrogens with zero attached hydrogens (tertiary/aromatic N) is 2. The van der Waals surface area contributed by atoms with Gasteiger partial charge < -0.3 is 10.2 Å². The van der Waals surface area contributed by atoms with Gasteiger partial charge in [0.2, 0.25) is 5.91 Å². The quantitative estimate of drug-likeness (QED) is 0.909. The summed E-state index contributed by atoms with van der Waals surface area (Å²) >= 11 is 0. The van der Waals surface area contributed by atoms with Crippen molar-refractivity contribution in [1.82, 2.24) is 5.32 Å². The molecule has 1 N–H and O–H groups in total. The highest BCUT2D eigenvalue weighted by molar-refractivity contribution is 5.85. The third kappa shape index (κ3) is 3.59. The Kier molecular flexibility index (Phi) is 5.43. The van der Waals surface area contributed by atoms with E-state index in [-0.39, 0.29) is 11.9 Å². The maximum Gasteiger partial charge on any atom is 0.240 e. The van der Waals surface area contributed by atoms with Crippen LogP contribution in [0.15, 0.2) is 30.3 Å². The Morgan fingerprint density at radius 2 is 1.95 bits per heavy atom. The van der Waals surface area contributed by atoms with Crippen LogP contribution in [-0.4, -0.2) is 25.5 Å².